The van der Waals surface area contributed by atoms with E-state index in [9.17, 15) is 5.11 Å². The Morgan fingerprint density at radius 2 is 2.14 bits per heavy atom. The van der Waals surface area contributed by atoms with Gasteiger partial charge in [-0.2, -0.15) is 10.1 Å². The molecule has 5 rings (SSSR count). The lowest BCUT2D eigenvalue weighted by molar-refractivity contribution is -0.0781. The van der Waals surface area contributed by atoms with E-state index in [-0.39, 0.29) is 17.4 Å². The first kappa shape index (κ1) is 14.2. The minimum atomic E-state index is -0.305. The van der Waals surface area contributed by atoms with Gasteiger partial charge in [-0.25, -0.2) is 4.98 Å². The summed E-state index contributed by atoms with van der Waals surface area (Å²) in [5, 5.41) is 15.1. The number of aliphatic hydroxyl groups excluding tert-OH is 1. The molecule has 3 aliphatic heterocycles. The molecule has 0 aliphatic carbocycles. The molecule has 2 atom stereocenters. The molecule has 0 spiro atoms. The maximum absolute atomic E-state index is 10.5. The molecule has 2 bridgehead atoms. The molecule has 22 heavy (non-hydrogen) atoms. The molecule has 5 heterocycles. The standard InChI is InChI=1S/C14H18ClN5O2/c1-22-13-11-9(17-14(15)18-13)6-16-20(11)7-10-12(21)8-2-4-19(10)5-3-8/h6,8,10,12,21H,2-5,7H2,1H3. The summed E-state index contributed by atoms with van der Waals surface area (Å²) in [6.07, 6.45) is 3.52. The summed E-state index contributed by atoms with van der Waals surface area (Å²) in [6, 6.07) is 0.0796. The van der Waals surface area contributed by atoms with Gasteiger partial charge in [-0.05, 0) is 43.5 Å². The summed E-state index contributed by atoms with van der Waals surface area (Å²) in [6.45, 7) is 2.69. The molecule has 8 heteroatoms. The molecule has 2 unspecified atom stereocenters. The molecule has 1 N–H and O–H groups in total. The zero-order valence-electron chi connectivity index (χ0n) is 12.3. The second-order valence-corrected chi connectivity index (χ2v) is 6.33. The van der Waals surface area contributed by atoms with Crippen LogP contribution < -0.4 is 4.74 Å². The number of hydrogen-bond donors (Lipinski definition) is 1. The van der Waals surface area contributed by atoms with Crippen LogP contribution in [0.2, 0.25) is 5.28 Å². The Bertz CT molecular complexity index is 696. The second-order valence-electron chi connectivity index (χ2n) is 5.99. The van der Waals surface area contributed by atoms with Gasteiger partial charge in [0.05, 0.1) is 32.0 Å². The van der Waals surface area contributed by atoms with E-state index in [4.69, 9.17) is 16.3 Å². The quantitative estimate of drug-likeness (QED) is 0.847. The first-order chi connectivity index (χ1) is 10.7. The number of aliphatic hydroxyl groups is 1. The Balaban J connectivity index is 1.70. The van der Waals surface area contributed by atoms with Gasteiger partial charge in [-0.3, -0.25) is 9.58 Å². The van der Waals surface area contributed by atoms with Crippen LogP contribution in [0.3, 0.4) is 0 Å². The SMILES string of the molecule is COc1nc(Cl)nc2cnn(CC3C(O)C4CCN3CC4)c12. The number of methoxy groups -OCH3 is 1. The summed E-state index contributed by atoms with van der Waals surface area (Å²) < 4.78 is 7.13. The van der Waals surface area contributed by atoms with E-state index in [1.165, 1.54) is 0 Å². The predicted octanol–water partition coefficient (Wildman–Crippen LogP) is 0.943. The fraction of sp³-hybridized carbons (Fsp3) is 0.643. The maximum atomic E-state index is 10.5. The minimum Gasteiger partial charge on any atom is -0.479 e. The molecular weight excluding hydrogens is 306 g/mol. The van der Waals surface area contributed by atoms with Crippen molar-refractivity contribution in [3.05, 3.63) is 11.5 Å². The highest BCUT2D eigenvalue weighted by atomic mass is 35.5. The van der Waals surface area contributed by atoms with Gasteiger partial charge in [0.1, 0.15) is 11.0 Å². The second kappa shape index (κ2) is 5.33. The van der Waals surface area contributed by atoms with Crippen molar-refractivity contribution in [1.29, 1.82) is 0 Å². The first-order valence-corrected chi connectivity index (χ1v) is 7.90. The molecule has 2 aromatic heterocycles. The van der Waals surface area contributed by atoms with E-state index in [2.05, 4.69) is 20.0 Å². The summed E-state index contributed by atoms with van der Waals surface area (Å²) in [5.74, 6) is 0.822. The maximum Gasteiger partial charge on any atom is 0.244 e. The molecule has 118 valence electrons. The number of hydrogen-bond acceptors (Lipinski definition) is 6. The smallest absolute Gasteiger partial charge is 0.244 e. The van der Waals surface area contributed by atoms with Crippen LogP contribution in [0.25, 0.3) is 11.0 Å². The molecule has 7 nitrogen and oxygen atoms in total. The number of rotatable bonds is 3. The molecule has 3 fully saturated rings. The third-order valence-corrected chi connectivity index (χ3v) is 5.07. The summed E-state index contributed by atoms with van der Waals surface area (Å²) in [4.78, 5) is 10.6. The zero-order valence-corrected chi connectivity index (χ0v) is 13.1. The molecule has 0 radical (unpaired) electrons. The molecular formula is C14H18ClN5O2. The van der Waals surface area contributed by atoms with E-state index in [1.807, 2.05) is 4.68 Å². The number of ether oxygens (including phenoxy) is 1. The van der Waals surface area contributed by atoms with Gasteiger partial charge in [0, 0.05) is 0 Å². The molecule has 2 aromatic rings. The number of nitrogens with zero attached hydrogens (tertiary/aromatic N) is 5. The van der Waals surface area contributed by atoms with Crippen molar-refractivity contribution in [1.82, 2.24) is 24.6 Å². The van der Waals surface area contributed by atoms with Crippen LogP contribution in [0, 0.1) is 5.92 Å². The third kappa shape index (κ3) is 2.15. The van der Waals surface area contributed by atoms with Crippen molar-refractivity contribution >= 4 is 22.6 Å². The van der Waals surface area contributed by atoms with Crippen molar-refractivity contribution in [2.75, 3.05) is 20.2 Å². The third-order valence-electron chi connectivity index (χ3n) is 4.90. The average molecular weight is 324 g/mol. The monoisotopic (exact) mass is 323 g/mol. The van der Waals surface area contributed by atoms with Crippen LogP contribution in [0.1, 0.15) is 12.8 Å². The topological polar surface area (TPSA) is 76.3 Å². The van der Waals surface area contributed by atoms with E-state index in [1.54, 1.807) is 13.3 Å². The van der Waals surface area contributed by atoms with Crippen molar-refractivity contribution in [2.45, 2.75) is 31.5 Å². The van der Waals surface area contributed by atoms with Crippen LogP contribution in [0.15, 0.2) is 6.20 Å². The largest absolute Gasteiger partial charge is 0.479 e. The van der Waals surface area contributed by atoms with E-state index >= 15 is 0 Å². The Morgan fingerprint density at radius 1 is 1.36 bits per heavy atom. The summed E-state index contributed by atoms with van der Waals surface area (Å²) in [5.41, 5.74) is 1.38. The lowest BCUT2D eigenvalue weighted by Gasteiger charge is -2.48. The Morgan fingerprint density at radius 3 is 2.82 bits per heavy atom. The zero-order chi connectivity index (χ0) is 15.3. The van der Waals surface area contributed by atoms with Crippen LogP contribution in [0.4, 0.5) is 0 Å². The van der Waals surface area contributed by atoms with Crippen LogP contribution in [-0.2, 0) is 6.54 Å². The highest BCUT2D eigenvalue weighted by Crippen LogP contribution is 2.34. The van der Waals surface area contributed by atoms with Gasteiger partial charge < -0.3 is 9.84 Å². The van der Waals surface area contributed by atoms with Crippen LogP contribution >= 0.6 is 11.6 Å². The van der Waals surface area contributed by atoms with Gasteiger partial charge in [0.25, 0.3) is 0 Å². The first-order valence-electron chi connectivity index (χ1n) is 7.52. The van der Waals surface area contributed by atoms with Crippen molar-refractivity contribution in [3.8, 4) is 5.88 Å². The van der Waals surface area contributed by atoms with E-state index in [0.29, 0.717) is 23.9 Å². The number of piperidine rings is 3. The Hall–Kier alpha value is -1.44. The van der Waals surface area contributed by atoms with Gasteiger partial charge >= 0.3 is 0 Å². The fourth-order valence-electron chi connectivity index (χ4n) is 3.74. The Kier molecular flexibility index (Phi) is 3.43. The fourth-order valence-corrected chi connectivity index (χ4v) is 3.91. The van der Waals surface area contributed by atoms with Crippen molar-refractivity contribution in [3.63, 3.8) is 0 Å². The van der Waals surface area contributed by atoms with Gasteiger partial charge in [0.2, 0.25) is 11.2 Å². The molecule has 0 aromatic carbocycles. The highest BCUT2D eigenvalue weighted by molar-refractivity contribution is 6.28. The lowest BCUT2D eigenvalue weighted by Crippen LogP contribution is -2.59. The average Bonchev–Trinajstić information content (AvgIpc) is 2.93. The lowest BCUT2D eigenvalue weighted by atomic mass is 9.80. The predicted molar refractivity (Wildman–Crippen MR) is 81.0 cm³/mol. The summed E-state index contributed by atoms with van der Waals surface area (Å²) >= 11 is 5.89. The number of aromatic nitrogens is 4. The van der Waals surface area contributed by atoms with Crippen molar-refractivity contribution in [2.24, 2.45) is 5.92 Å². The van der Waals surface area contributed by atoms with Crippen LogP contribution in [-0.4, -0.2) is 62.1 Å². The van der Waals surface area contributed by atoms with E-state index < -0.39 is 0 Å². The van der Waals surface area contributed by atoms with Gasteiger partial charge in [0.15, 0.2) is 0 Å². The van der Waals surface area contributed by atoms with E-state index in [0.717, 1.165) is 31.4 Å². The van der Waals surface area contributed by atoms with Gasteiger partial charge in [-0.15, -0.1) is 0 Å². The molecule has 0 amide bonds. The highest BCUT2D eigenvalue weighted by Gasteiger charge is 2.41. The molecule has 3 aliphatic rings. The normalized spacial score (nSPS) is 30.9. The Labute approximate surface area is 132 Å². The van der Waals surface area contributed by atoms with Crippen LogP contribution in [0.5, 0.6) is 5.88 Å². The molecule has 3 saturated heterocycles. The molecule has 0 saturated carbocycles. The van der Waals surface area contributed by atoms with Crippen molar-refractivity contribution < 1.29 is 9.84 Å². The van der Waals surface area contributed by atoms with Gasteiger partial charge in [-0.1, -0.05) is 0 Å². The minimum absolute atomic E-state index is 0.0796. The number of halogens is 1. The number of fused-ring (bicyclic) bond motifs is 4. The summed E-state index contributed by atoms with van der Waals surface area (Å²) in [7, 11) is 1.55.